The predicted molar refractivity (Wildman–Crippen MR) is 76.1 cm³/mol. The maximum atomic E-state index is 14.0. The van der Waals surface area contributed by atoms with Crippen LogP contribution in [0.5, 0.6) is 0 Å². The minimum Gasteiger partial charge on any atom is -0.308 e. The van der Waals surface area contributed by atoms with Gasteiger partial charge >= 0.3 is 0 Å². The van der Waals surface area contributed by atoms with Gasteiger partial charge in [0.1, 0.15) is 11.6 Å². The molecule has 2 aromatic rings. The fourth-order valence-corrected chi connectivity index (χ4v) is 2.74. The third kappa shape index (κ3) is 2.36. The first-order chi connectivity index (χ1) is 8.56. The van der Waals surface area contributed by atoms with Crippen LogP contribution in [-0.2, 0) is 5.33 Å². The van der Waals surface area contributed by atoms with Crippen molar-refractivity contribution in [2.75, 3.05) is 0 Å². The average molecular weight is 377 g/mol. The number of benzene rings is 1. The lowest BCUT2D eigenvalue weighted by molar-refractivity contribution is 0.579. The number of rotatable bonds is 3. The second-order valence-corrected chi connectivity index (χ2v) is 5.55. The lowest BCUT2D eigenvalue weighted by atomic mass is 10.2. The molecule has 0 amide bonds. The summed E-state index contributed by atoms with van der Waals surface area (Å²) in [5.74, 6) is 1.03. The van der Waals surface area contributed by atoms with Gasteiger partial charge in [0, 0.05) is 10.5 Å². The molecule has 0 bridgehead atoms. The van der Waals surface area contributed by atoms with E-state index in [1.165, 1.54) is 6.07 Å². The van der Waals surface area contributed by atoms with Crippen molar-refractivity contribution < 1.29 is 4.39 Å². The number of nitrogens with zero attached hydrogens (tertiary/aromatic N) is 3. The summed E-state index contributed by atoms with van der Waals surface area (Å²) < 4.78 is 16.6. The first kappa shape index (κ1) is 13.7. The SMILES string of the molecule is CC(C)n1c(CBr)nnc1-c1c(F)cccc1Br. The van der Waals surface area contributed by atoms with Gasteiger partial charge in [-0.15, -0.1) is 10.2 Å². The maximum absolute atomic E-state index is 14.0. The summed E-state index contributed by atoms with van der Waals surface area (Å²) in [6.45, 7) is 4.04. The maximum Gasteiger partial charge on any atom is 0.168 e. The molecule has 0 fully saturated rings. The third-order valence-electron chi connectivity index (χ3n) is 2.59. The quantitative estimate of drug-likeness (QED) is 0.746. The smallest absolute Gasteiger partial charge is 0.168 e. The second kappa shape index (κ2) is 5.48. The van der Waals surface area contributed by atoms with Crippen molar-refractivity contribution in [1.82, 2.24) is 14.8 Å². The summed E-state index contributed by atoms with van der Waals surface area (Å²) >= 11 is 6.74. The van der Waals surface area contributed by atoms with Gasteiger partial charge in [-0.05, 0) is 41.9 Å². The molecule has 0 aliphatic heterocycles. The number of halogens is 3. The molecule has 1 aromatic carbocycles. The number of aromatic nitrogens is 3. The number of alkyl halides is 1. The Morgan fingerprint density at radius 1 is 1.33 bits per heavy atom. The molecular weight excluding hydrogens is 365 g/mol. The molecule has 0 atom stereocenters. The van der Waals surface area contributed by atoms with Gasteiger partial charge in [0.2, 0.25) is 0 Å². The summed E-state index contributed by atoms with van der Waals surface area (Å²) in [5, 5.41) is 8.79. The topological polar surface area (TPSA) is 30.7 Å². The van der Waals surface area contributed by atoms with Crippen molar-refractivity contribution in [2.45, 2.75) is 25.2 Å². The standard InChI is InChI=1S/C12H12Br2FN3/c1-7(2)18-10(6-13)16-17-12(18)11-8(14)4-3-5-9(11)15/h3-5,7H,6H2,1-2H3. The highest BCUT2D eigenvalue weighted by molar-refractivity contribution is 9.10. The summed E-state index contributed by atoms with van der Waals surface area (Å²) in [4.78, 5) is 0. The Kier molecular flexibility index (Phi) is 4.17. The van der Waals surface area contributed by atoms with Crippen LogP contribution in [0.4, 0.5) is 4.39 Å². The van der Waals surface area contributed by atoms with Crippen molar-refractivity contribution in [3.8, 4) is 11.4 Å². The van der Waals surface area contributed by atoms with Gasteiger partial charge in [0.25, 0.3) is 0 Å². The van der Waals surface area contributed by atoms with E-state index in [0.717, 1.165) is 5.82 Å². The van der Waals surface area contributed by atoms with E-state index in [1.807, 2.05) is 18.4 Å². The molecule has 0 saturated heterocycles. The minimum atomic E-state index is -0.306. The van der Waals surface area contributed by atoms with Gasteiger partial charge in [-0.1, -0.05) is 22.0 Å². The summed E-state index contributed by atoms with van der Waals surface area (Å²) in [6, 6.07) is 5.04. The van der Waals surface area contributed by atoms with Crippen LogP contribution in [0.15, 0.2) is 22.7 Å². The molecule has 18 heavy (non-hydrogen) atoms. The Bertz CT molecular complexity index is 546. The summed E-state index contributed by atoms with van der Waals surface area (Å²) in [5.41, 5.74) is 0.450. The van der Waals surface area contributed by atoms with E-state index in [9.17, 15) is 4.39 Å². The van der Waals surface area contributed by atoms with Crippen LogP contribution in [0.1, 0.15) is 25.7 Å². The Morgan fingerprint density at radius 3 is 2.61 bits per heavy atom. The molecule has 6 heteroatoms. The van der Waals surface area contributed by atoms with Gasteiger partial charge in [-0.2, -0.15) is 0 Å². The first-order valence-electron chi connectivity index (χ1n) is 5.50. The Hall–Kier alpha value is -0.750. The zero-order valence-electron chi connectivity index (χ0n) is 9.99. The summed E-state index contributed by atoms with van der Waals surface area (Å²) in [7, 11) is 0. The van der Waals surface area contributed by atoms with E-state index in [0.29, 0.717) is 21.2 Å². The molecule has 0 aliphatic carbocycles. The van der Waals surface area contributed by atoms with Crippen molar-refractivity contribution in [1.29, 1.82) is 0 Å². The molecule has 0 unspecified atom stereocenters. The van der Waals surface area contributed by atoms with Crippen LogP contribution in [0, 0.1) is 5.82 Å². The molecule has 96 valence electrons. The van der Waals surface area contributed by atoms with Gasteiger partial charge in [0.15, 0.2) is 5.82 Å². The van der Waals surface area contributed by atoms with Crippen molar-refractivity contribution >= 4 is 31.9 Å². The molecule has 1 heterocycles. The molecule has 0 spiro atoms. The Labute approximate surface area is 122 Å². The molecule has 0 N–H and O–H groups in total. The molecular formula is C12H12Br2FN3. The van der Waals surface area contributed by atoms with Crippen LogP contribution < -0.4 is 0 Å². The third-order valence-corrected chi connectivity index (χ3v) is 3.75. The highest BCUT2D eigenvalue weighted by atomic mass is 79.9. The number of hydrogen-bond acceptors (Lipinski definition) is 2. The van der Waals surface area contributed by atoms with E-state index >= 15 is 0 Å². The largest absolute Gasteiger partial charge is 0.308 e. The van der Waals surface area contributed by atoms with Gasteiger partial charge in [-0.25, -0.2) is 4.39 Å². The Morgan fingerprint density at radius 2 is 2.06 bits per heavy atom. The van der Waals surface area contributed by atoms with Gasteiger partial charge in [0.05, 0.1) is 10.9 Å². The molecule has 0 saturated carbocycles. The predicted octanol–water partition coefficient (Wildman–Crippen LogP) is 4.32. The highest BCUT2D eigenvalue weighted by Crippen LogP contribution is 2.31. The van der Waals surface area contributed by atoms with E-state index in [2.05, 4.69) is 42.1 Å². The minimum absolute atomic E-state index is 0.161. The van der Waals surface area contributed by atoms with Gasteiger partial charge < -0.3 is 4.57 Å². The number of hydrogen-bond donors (Lipinski definition) is 0. The molecule has 0 radical (unpaired) electrons. The van der Waals surface area contributed by atoms with Crippen LogP contribution in [0.2, 0.25) is 0 Å². The van der Waals surface area contributed by atoms with Crippen LogP contribution in [0.3, 0.4) is 0 Å². The molecule has 3 nitrogen and oxygen atoms in total. The fourth-order valence-electron chi connectivity index (χ4n) is 1.84. The average Bonchev–Trinajstić information content (AvgIpc) is 2.72. The van der Waals surface area contributed by atoms with Crippen LogP contribution in [0.25, 0.3) is 11.4 Å². The highest BCUT2D eigenvalue weighted by Gasteiger charge is 2.20. The van der Waals surface area contributed by atoms with Crippen LogP contribution >= 0.6 is 31.9 Å². The zero-order valence-corrected chi connectivity index (χ0v) is 13.2. The van der Waals surface area contributed by atoms with E-state index < -0.39 is 0 Å². The van der Waals surface area contributed by atoms with Crippen molar-refractivity contribution in [2.24, 2.45) is 0 Å². The zero-order chi connectivity index (χ0) is 13.3. The monoisotopic (exact) mass is 375 g/mol. The lowest BCUT2D eigenvalue weighted by Crippen LogP contribution is -2.07. The van der Waals surface area contributed by atoms with E-state index in [4.69, 9.17) is 0 Å². The summed E-state index contributed by atoms with van der Waals surface area (Å²) in [6.07, 6.45) is 0. The van der Waals surface area contributed by atoms with Crippen LogP contribution in [-0.4, -0.2) is 14.8 Å². The lowest BCUT2D eigenvalue weighted by Gasteiger charge is -2.14. The van der Waals surface area contributed by atoms with E-state index in [-0.39, 0.29) is 11.9 Å². The molecule has 1 aromatic heterocycles. The first-order valence-corrected chi connectivity index (χ1v) is 7.41. The van der Waals surface area contributed by atoms with Gasteiger partial charge in [-0.3, -0.25) is 0 Å². The Balaban J connectivity index is 2.68. The van der Waals surface area contributed by atoms with E-state index in [1.54, 1.807) is 12.1 Å². The second-order valence-electron chi connectivity index (χ2n) is 4.13. The molecule has 0 aliphatic rings. The fraction of sp³-hybridized carbons (Fsp3) is 0.333. The normalized spacial score (nSPS) is 11.2. The van der Waals surface area contributed by atoms with Crippen molar-refractivity contribution in [3.05, 3.63) is 34.3 Å². The van der Waals surface area contributed by atoms with Crippen molar-refractivity contribution in [3.63, 3.8) is 0 Å². The molecule has 2 rings (SSSR count).